The molecule has 160 valence electrons. The first-order chi connectivity index (χ1) is 13.9. The SMILES string of the molecule is CCOc1cc(/C=N\NC(=S)N[C@@H]2CCCC[C@@H]2C)ccc1OCC(=O)N(C)C. The lowest BCUT2D eigenvalue weighted by atomic mass is 9.86. The lowest BCUT2D eigenvalue weighted by Crippen LogP contribution is -2.44. The van der Waals surface area contributed by atoms with E-state index < -0.39 is 0 Å². The van der Waals surface area contributed by atoms with Crippen LogP contribution in [0.15, 0.2) is 23.3 Å². The molecule has 1 aromatic rings. The first-order valence-electron chi connectivity index (χ1n) is 10.1. The lowest BCUT2D eigenvalue weighted by Gasteiger charge is -2.30. The molecule has 0 aromatic heterocycles. The molecule has 0 bridgehead atoms. The van der Waals surface area contributed by atoms with Gasteiger partial charge < -0.3 is 19.7 Å². The van der Waals surface area contributed by atoms with Crippen molar-refractivity contribution in [2.24, 2.45) is 11.0 Å². The van der Waals surface area contributed by atoms with Crippen LogP contribution in [0, 0.1) is 5.92 Å². The first kappa shape index (κ1) is 22.9. The second kappa shape index (κ2) is 11.6. The minimum Gasteiger partial charge on any atom is -0.490 e. The maximum Gasteiger partial charge on any atom is 0.259 e. The average Bonchev–Trinajstić information content (AvgIpc) is 2.69. The lowest BCUT2D eigenvalue weighted by molar-refractivity contribution is -0.130. The fraction of sp³-hybridized carbons (Fsp3) is 0.571. The molecule has 7 nitrogen and oxygen atoms in total. The van der Waals surface area contributed by atoms with Crippen molar-refractivity contribution < 1.29 is 14.3 Å². The Hall–Kier alpha value is -2.35. The van der Waals surface area contributed by atoms with Crippen LogP contribution in [0.5, 0.6) is 11.5 Å². The number of hydrogen-bond donors (Lipinski definition) is 2. The number of benzene rings is 1. The van der Waals surface area contributed by atoms with Gasteiger partial charge in [0.25, 0.3) is 5.91 Å². The number of carbonyl (C=O) groups is 1. The summed E-state index contributed by atoms with van der Waals surface area (Å²) in [6.45, 7) is 4.60. The molecule has 1 aromatic carbocycles. The highest BCUT2D eigenvalue weighted by Gasteiger charge is 2.21. The highest BCUT2D eigenvalue weighted by atomic mass is 32.1. The summed E-state index contributed by atoms with van der Waals surface area (Å²) in [7, 11) is 3.38. The smallest absolute Gasteiger partial charge is 0.259 e. The van der Waals surface area contributed by atoms with Crippen LogP contribution in [0.3, 0.4) is 0 Å². The molecule has 1 fully saturated rings. The van der Waals surface area contributed by atoms with Crippen LogP contribution < -0.4 is 20.2 Å². The molecule has 1 amide bonds. The van der Waals surface area contributed by atoms with Crippen molar-refractivity contribution in [3.05, 3.63) is 23.8 Å². The number of ether oxygens (including phenoxy) is 2. The third-order valence-electron chi connectivity index (χ3n) is 4.93. The van der Waals surface area contributed by atoms with Crippen molar-refractivity contribution in [2.45, 2.75) is 45.6 Å². The highest BCUT2D eigenvalue weighted by Crippen LogP contribution is 2.28. The summed E-state index contributed by atoms with van der Waals surface area (Å²) in [6, 6.07) is 5.85. The van der Waals surface area contributed by atoms with Gasteiger partial charge in [-0.1, -0.05) is 19.8 Å². The second-order valence-corrected chi connectivity index (χ2v) is 7.84. The monoisotopic (exact) mass is 420 g/mol. The van der Waals surface area contributed by atoms with Crippen molar-refractivity contribution in [3.8, 4) is 11.5 Å². The van der Waals surface area contributed by atoms with Crippen molar-refractivity contribution in [1.29, 1.82) is 0 Å². The van der Waals surface area contributed by atoms with E-state index in [4.69, 9.17) is 21.7 Å². The number of rotatable bonds is 8. The normalized spacial score (nSPS) is 18.9. The van der Waals surface area contributed by atoms with E-state index in [1.54, 1.807) is 26.4 Å². The van der Waals surface area contributed by atoms with Gasteiger partial charge in [0.2, 0.25) is 0 Å². The molecule has 1 aliphatic rings. The van der Waals surface area contributed by atoms with Crippen LogP contribution in [0.25, 0.3) is 0 Å². The molecule has 2 N–H and O–H groups in total. The van der Waals surface area contributed by atoms with Gasteiger partial charge in [-0.2, -0.15) is 5.10 Å². The molecule has 0 unspecified atom stereocenters. The molecule has 0 radical (unpaired) electrons. The number of thiocarbonyl (C=S) groups is 1. The standard InChI is InChI=1S/C21H32N4O3S/c1-5-27-19-12-16(10-11-18(19)28-14-20(26)25(3)4)13-22-24-21(29)23-17-9-7-6-8-15(17)2/h10-13,15,17H,5-9,14H2,1-4H3,(H2,23,24,29)/b22-13-/t15-,17+/m0/s1. The van der Waals surface area contributed by atoms with Gasteiger partial charge in [-0.05, 0) is 61.7 Å². The molecule has 2 rings (SSSR count). The van der Waals surface area contributed by atoms with E-state index in [-0.39, 0.29) is 12.5 Å². The van der Waals surface area contributed by atoms with Crippen LogP contribution in [-0.4, -0.2) is 55.5 Å². The summed E-state index contributed by atoms with van der Waals surface area (Å²) < 4.78 is 11.2. The number of nitrogens with zero attached hydrogens (tertiary/aromatic N) is 2. The zero-order valence-electron chi connectivity index (χ0n) is 17.7. The van der Waals surface area contributed by atoms with Gasteiger partial charge in [0.05, 0.1) is 12.8 Å². The largest absolute Gasteiger partial charge is 0.490 e. The van der Waals surface area contributed by atoms with E-state index in [0.717, 1.165) is 12.0 Å². The molecule has 0 heterocycles. The number of likely N-dealkylation sites (N-methyl/N-ethyl adjacent to an activating group) is 1. The maximum absolute atomic E-state index is 11.7. The minimum absolute atomic E-state index is 0.0401. The van der Waals surface area contributed by atoms with Gasteiger partial charge in [-0.15, -0.1) is 0 Å². The van der Waals surface area contributed by atoms with Gasteiger partial charge in [0, 0.05) is 20.1 Å². The van der Waals surface area contributed by atoms with Gasteiger partial charge >= 0.3 is 0 Å². The fourth-order valence-electron chi connectivity index (χ4n) is 3.16. The summed E-state index contributed by atoms with van der Waals surface area (Å²) in [5, 5.41) is 8.12. The average molecular weight is 421 g/mol. The molecular formula is C21H32N4O3S. The highest BCUT2D eigenvalue weighted by molar-refractivity contribution is 7.80. The van der Waals surface area contributed by atoms with E-state index in [1.165, 1.54) is 24.2 Å². The van der Waals surface area contributed by atoms with E-state index in [9.17, 15) is 4.79 Å². The molecule has 29 heavy (non-hydrogen) atoms. The quantitative estimate of drug-likeness (QED) is 0.383. The Kier molecular flexibility index (Phi) is 9.18. The number of hydrazone groups is 1. The van der Waals surface area contributed by atoms with E-state index in [1.807, 2.05) is 19.1 Å². The van der Waals surface area contributed by atoms with Crippen LogP contribution in [-0.2, 0) is 4.79 Å². The van der Waals surface area contributed by atoms with Gasteiger partial charge in [-0.3, -0.25) is 10.2 Å². The Bertz CT molecular complexity index is 724. The van der Waals surface area contributed by atoms with Gasteiger partial charge in [0.15, 0.2) is 23.2 Å². The number of hydrogen-bond acceptors (Lipinski definition) is 5. The molecular weight excluding hydrogens is 388 g/mol. The number of nitrogens with one attached hydrogen (secondary N) is 2. The maximum atomic E-state index is 11.7. The molecule has 1 saturated carbocycles. The summed E-state index contributed by atoms with van der Waals surface area (Å²) in [6.07, 6.45) is 6.58. The number of carbonyl (C=O) groups excluding carboxylic acids is 1. The molecule has 0 saturated heterocycles. The summed E-state index contributed by atoms with van der Waals surface area (Å²) in [4.78, 5) is 13.2. The van der Waals surface area contributed by atoms with Crippen LogP contribution >= 0.6 is 12.2 Å². The van der Waals surface area contributed by atoms with E-state index in [0.29, 0.717) is 35.2 Å². The minimum atomic E-state index is -0.115. The fourth-order valence-corrected chi connectivity index (χ4v) is 3.36. The second-order valence-electron chi connectivity index (χ2n) is 7.43. The predicted molar refractivity (Wildman–Crippen MR) is 120 cm³/mol. The molecule has 0 aliphatic heterocycles. The van der Waals surface area contributed by atoms with Crippen LogP contribution in [0.2, 0.25) is 0 Å². The zero-order valence-corrected chi connectivity index (χ0v) is 18.6. The Labute approximate surface area is 178 Å². The van der Waals surface area contributed by atoms with Crippen molar-refractivity contribution in [1.82, 2.24) is 15.6 Å². The Morgan fingerprint density at radius 1 is 1.28 bits per heavy atom. The summed E-state index contributed by atoms with van der Waals surface area (Å²) in [5.41, 5.74) is 3.72. The summed E-state index contributed by atoms with van der Waals surface area (Å²) >= 11 is 5.35. The first-order valence-corrected chi connectivity index (χ1v) is 10.5. The van der Waals surface area contributed by atoms with E-state index in [2.05, 4.69) is 22.8 Å². The Balaban J connectivity index is 1.92. The van der Waals surface area contributed by atoms with Gasteiger partial charge in [-0.25, -0.2) is 0 Å². The molecule has 2 atom stereocenters. The van der Waals surface area contributed by atoms with E-state index >= 15 is 0 Å². The zero-order chi connectivity index (χ0) is 21.2. The topological polar surface area (TPSA) is 75.2 Å². The third kappa shape index (κ3) is 7.53. The molecule has 0 spiro atoms. The number of amides is 1. The van der Waals surface area contributed by atoms with Crippen molar-refractivity contribution in [2.75, 3.05) is 27.3 Å². The van der Waals surface area contributed by atoms with Crippen LogP contribution in [0.4, 0.5) is 0 Å². The Morgan fingerprint density at radius 2 is 2.03 bits per heavy atom. The Morgan fingerprint density at radius 3 is 2.72 bits per heavy atom. The van der Waals surface area contributed by atoms with Crippen molar-refractivity contribution >= 4 is 29.5 Å². The van der Waals surface area contributed by atoms with Crippen LogP contribution in [0.1, 0.15) is 45.1 Å². The predicted octanol–water partition coefficient (Wildman–Crippen LogP) is 2.93. The summed E-state index contributed by atoms with van der Waals surface area (Å²) in [5.74, 6) is 1.60. The van der Waals surface area contributed by atoms with Gasteiger partial charge in [0.1, 0.15) is 0 Å². The molecule has 8 heteroatoms. The molecule has 1 aliphatic carbocycles. The van der Waals surface area contributed by atoms with Crippen molar-refractivity contribution in [3.63, 3.8) is 0 Å². The third-order valence-corrected chi connectivity index (χ3v) is 5.13.